The van der Waals surface area contributed by atoms with Crippen molar-refractivity contribution in [2.24, 2.45) is 10.9 Å². The van der Waals surface area contributed by atoms with Gasteiger partial charge in [0.15, 0.2) is 15.8 Å². The molecule has 1 fully saturated rings. The van der Waals surface area contributed by atoms with Crippen molar-refractivity contribution in [3.63, 3.8) is 0 Å². The van der Waals surface area contributed by atoms with Crippen LogP contribution < -0.4 is 16.0 Å². The summed E-state index contributed by atoms with van der Waals surface area (Å²) >= 11 is 0. The maximum absolute atomic E-state index is 11.9. The second-order valence-corrected chi connectivity index (χ2v) is 9.13. The lowest BCUT2D eigenvalue weighted by molar-refractivity contribution is -0.121. The van der Waals surface area contributed by atoms with Crippen LogP contribution in [0.15, 0.2) is 4.99 Å². The van der Waals surface area contributed by atoms with E-state index in [4.69, 9.17) is 4.74 Å². The highest BCUT2D eigenvalue weighted by atomic mass is 32.2. The zero-order valence-corrected chi connectivity index (χ0v) is 17.0. The van der Waals surface area contributed by atoms with E-state index in [0.29, 0.717) is 38.0 Å². The summed E-state index contributed by atoms with van der Waals surface area (Å²) in [4.78, 5) is 16.3. The van der Waals surface area contributed by atoms with Gasteiger partial charge in [-0.2, -0.15) is 0 Å². The highest BCUT2D eigenvalue weighted by Gasteiger charge is 2.28. The molecule has 1 amide bonds. The molecule has 0 aromatic carbocycles. The molecule has 1 aliphatic heterocycles. The molecule has 1 unspecified atom stereocenters. The Bertz CT molecular complexity index is 549. The molecule has 9 heteroatoms. The fraction of sp³-hybridized carbons (Fsp3) is 0.882. The van der Waals surface area contributed by atoms with Crippen LogP contribution in [0.2, 0.25) is 0 Å². The monoisotopic (exact) mass is 390 g/mol. The third-order valence-corrected chi connectivity index (χ3v) is 5.70. The molecule has 0 bridgehead atoms. The number of amides is 1. The highest BCUT2D eigenvalue weighted by molar-refractivity contribution is 7.91. The first kappa shape index (κ1) is 22.7. The van der Waals surface area contributed by atoms with E-state index in [9.17, 15) is 13.2 Å². The first-order valence-electron chi connectivity index (χ1n) is 9.42. The van der Waals surface area contributed by atoms with E-state index in [1.165, 1.54) is 0 Å². The normalized spacial score (nSPS) is 19.5. The Hall–Kier alpha value is -1.35. The molecule has 26 heavy (non-hydrogen) atoms. The lowest BCUT2D eigenvalue weighted by Crippen LogP contribution is -2.41. The van der Waals surface area contributed by atoms with E-state index in [-0.39, 0.29) is 29.9 Å². The summed E-state index contributed by atoms with van der Waals surface area (Å²) in [5.41, 5.74) is 0. The van der Waals surface area contributed by atoms with E-state index in [1.54, 1.807) is 0 Å². The fourth-order valence-corrected chi connectivity index (χ4v) is 4.16. The van der Waals surface area contributed by atoms with Gasteiger partial charge in [0.25, 0.3) is 0 Å². The molecular formula is C17H34N4O4S. The Labute approximate surface area is 157 Å². The number of hydrogen-bond donors (Lipinski definition) is 3. The second-order valence-electron chi connectivity index (χ2n) is 6.90. The fourth-order valence-electron chi connectivity index (χ4n) is 2.49. The molecule has 0 saturated carbocycles. The first-order valence-corrected chi connectivity index (χ1v) is 11.2. The number of guanidine groups is 1. The van der Waals surface area contributed by atoms with Crippen LogP contribution in [0.25, 0.3) is 0 Å². The Morgan fingerprint density at radius 2 is 2.04 bits per heavy atom. The van der Waals surface area contributed by atoms with Crippen molar-refractivity contribution in [2.75, 3.05) is 44.4 Å². The van der Waals surface area contributed by atoms with Gasteiger partial charge in [-0.25, -0.2) is 8.42 Å². The summed E-state index contributed by atoms with van der Waals surface area (Å²) in [6, 6.07) is -0.252. The van der Waals surface area contributed by atoms with E-state index in [2.05, 4.69) is 34.8 Å². The lowest BCUT2D eigenvalue weighted by atomic mass is 10.1. The van der Waals surface area contributed by atoms with Crippen molar-refractivity contribution in [2.45, 2.75) is 46.1 Å². The first-order chi connectivity index (χ1) is 12.3. The van der Waals surface area contributed by atoms with E-state index < -0.39 is 9.84 Å². The molecule has 3 N–H and O–H groups in total. The number of sulfone groups is 1. The smallest absolute Gasteiger partial charge is 0.222 e. The van der Waals surface area contributed by atoms with Crippen molar-refractivity contribution in [3.05, 3.63) is 0 Å². The molecule has 1 heterocycles. The van der Waals surface area contributed by atoms with Gasteiger partial charge in [-0.1, -0.05) is 13.8 Å². The summed E-state index contributed by atoms with van der Waals surface area (Å²) in [5, 5.41) is 9.01. The van der Waals surface area contributed by atoms with Gasteiger partial charge in [0.05, 0.1) is 24.7 Å². The summed E-state index contributed by atoms with van der Waals surface area (Å²) in [6.45, 7) is 9.34. The van der Waals surface area contributed by atoms with Gasteiger partial charge in [0.2, 0.25) is 5.91 Å². The SMILES string of the molecule is CCNC(=NCCOCCC(C)C)NCCC(=O)NC1CCS(=O)(=O)C1. The molecule has 0 aliphatic carbocycles. The number of carbonyl (C=O) groups excluding carboxylic acids is 1. The van der Waals surface area contributed by atoms with Crippen molar-refractivity contribution in [3.8, 4) is 0 Å². The van der Waals surface area contributed by atoms with E-state index in [1.807, 2.05) is 6.92 Å². The Balaban J connectivity index is 2.21. The van der Waals surface area contributed by atoms with Crippen LogP contribution in [0, 0.1) is 5.92 Å². The summed E-state index contributed by atoms with van der Waals surface area (Å²) in [5.74, 6) is 1.34. The average Bonchev–Trinajstić information content (AvgIpc) is 2.88. The average molecular weight is 391 g/mol. The van der Waals surface area contributed by atoms with Crippen molar-refractivity contribution in [1.82, 2.24) is 16.0 Å². The maximum Gasteiger partial charge on any atom is 0.222 e. The molecule has 1 aliphatic rings. The molecule has 0 aromatic heterocycles. The van der Waals surface area contributed by atoms with Crippen LogP contribution in [0.1, 0.15) is 40.0 Å². The van der Waals surface area contributed by atoms with Gasteiger partial charge in [0.1, 0.15) is 0 Å². The number of aliphatic imine (C=N–C) groups is 1. The molecule has 1 rings (SSSR count). The van der Waals surface area contributed by atoms with Crippen LogP contribution >= 0.6 is 0 Å². The molecule has 0 spiro atoms. The molecule has 0 aromatic rings. The zero-order chi connectivity index (χ0) is 19.4. The Morgan fingerprint density at radius 3 is 2.65 bits per heavy atom. The molecule has 1 atom stereocenters. The van der Waals surface area contributed by atoms with Crippen LogP contribution in [0.5, 0.6) is 0 Å². The van der Waals surface area contributed by atoms with Crippen molar-refractivity contribution >= 4 is 21.7 Å². The topological polar surface area (TPSA) is 109 Å². The number of carbonyl (C=O) groups is 1. The quantitative estimate of drug-likeness (QED) is 0.266. The van der Waals surface area contributed by atoms with Gasteiger partial charge < -0.3 is 20.7 Å². The van der Waals surface area contributed by atoms with Gasteiger partial charge in [-0.15, -0.1) is 0 Å². The van der Waals surface area contributed by atoms with Crippen molar-refractivity contribution < 1.29 is 17.9 Å². The number of nitrogens with one attached hydrogen (secondary N) is 3. The highest BCUT2D eigenvalue weighted by Crippen LogP contribution is 2.11. The second kappa shape index (κ2) is 12.1. The molecule has 0 radical (unpaired) electrons. The Morgan fingerprint density at radius 1 is 1.27 bits per heavy atom. The van der Waals surface area contributed by atoms with Crippen LogP contribution in [0.3, 0.4) is 0 Å². The number of hydrogen-bond acceptors (Lipinski definition) is 5. The molecule has 8 nitrogen and oxygen atoms in total. The van der Waals surface area contributed by atoms with Crippen LogP contribution in [0.4, 0.5) is 0 Å². The van der Waals surface area contributed by atoms with Gasteiger partial charge >= 0.3 is 0 Å². The lowest BCUT2D eigenvalue weighted by Gasteiger charge is -2.13. The van der Waals surface area contributed by atoms with E-state index in [0.717, 1.165) is 19.6 Å². The minimum atomic E-state index is -2.98. The van der Waals surface area contributed by atoms with Gasteiger partial charge in [-0.3, -0.25) is 9.79 Å². The third kappa shape index (κ3) is 10.6. The number of rotatable bonds is 11. The third-order valence-electron chi connectivity index (χ3n) is 3.93. The largest absolute Gasteiger partial charge is 0.380 e. The zero-order valence-electron chi connectivity index (χ0n) is 16.2. The van der Waals surface area contributed by atoms with E-state index >= 15 is 0 Å². The predicted octanol–water partition coefficient (Wildman–Crippen LogP) is 0.298. The van der Waals surface area contributed by atoms with Crippen LogP contribution in [-0.4, -0.2) is 70.7 Å². The molecular weight excluding hydrogens is 356 g/mol. The standard InChI is InChI=1S/C17H34N4O4S/c1-4-18-17(20-9-11-25-10-6-14(2)3)19-8-5-16(22)21-15-7-12-26(23,24)13-15/h14-15H,4-13H2,1-3H3,(H,21,22)(H2,18,19,20). The molecule has 1 saturated heterocycles. The predicted molar refractivity (Wildman–Crippen MR) is 104 cm³/mol. The maximum atomic E-state index is 11.9. The minimum absolute atomic E-state index is 0.0487. The summed E-state index contributed by atoms with van der Waals surface area (Å²) < 4.78 is 28.3. The number of nitrogens with zero attached hydrogens (tertiary/aromatic N) is 1. The summed E-state index contributed by atoms with van der Waals surface area (Å²) in [6.07, 6.45) is 1.81. The Kier molecular flexibility index (Phi) is 10.6. The van der Waals surface area contributed by atoms with Gasteiger partial charge in [0, 0.05) is 32.2 Å². The van der Waals surface area contributed by atoms with Crippen molar-refractivity contribution in [1.29, 1.82) is 0 Å². The molecule has 152 valence electrons. The minimum Gasteiger partial charge on any atom is -0.380 e. The van der Waals surface area contributed by atoms with Gasteiger partial charge in [-0.05, 0) is 25.7 Å². The number of ether oxygens (including phenoxy) is 1. The van der Waals surface area contributed by atoms with Crippen LogP contribution in [-0.2, 0) is 19.4 Å². The summed E-state index contributed by atoms with van der Waals surface area (Å²) in [7, 11) is -2.98.